The van der Waals surface area contributed by atoms with Gasteiger partial charge < -0.3 is 15.0 Å². The van der Waals surface area contributed by atoms with Crippen molar-refractivity contribution in [1.82, 2.24) is 20.1 Å². The maximum Gasteiger partial charge on any atom is 0.573 e. The van der Waals surface area contributed by atoms with Crippen molar-refractivity contribution in [3.63, 3.8) is 0 Å². The van der Waals surface area contributed by atoms with Gasteiger partial charge in [0.2, 0.25) is 0 Å². The van der Waals surface area contributed by atoms with Crippen molar-refractivity contribution in [2.75, 3.05) is 10.7 Å². The highest BCUT2D eigenvalue weighted by Crippen LogP contribution is 2.34. The summed E-state index contributed by atoms with van der Waals surface area (Å²) in [5.74, 6) is 0.860. The van der Waals surface area contributed by atoms with Gasteiger partial charge in [0.15, 0.2) is 11.0 Å². The van der Waals surface area contributed by atoms with Crippen molar-refractivity contribution in [3.8, 4) is 28.9 Å². The van der Waals surface area contributed by atoms with Crippen LogP contribution in [0.3, 0.4) is 0 Å². The quantitative estimate of drug-likeness (QED) is 0.245. The molecule has 1 N–H and O–H groups in total. The number of aromatic nitrogens is 3. The zero-order valence-electron chi connectivity index (χ0n) is 24.0. The van der Waals surface area contributed by atoms with Crippen LogP contribution in [-0.2, 0) is 0 Å². The van der Waals surface area contributed by atoms with Gasteiger partial charge in [0.05, 0.1) is 11.8 Å². The van der Waals surface area contributed by atoms with Crippen LogP contribution in [0.1, 0.15) is 36.1 Å². The molecular weight excluding hydrogens is 591 g/mol. The van der Waals surface area contributed by atoms with E-state index in [2.05, 4.69) is 43.0 Å². The van der Waals surface area contributed by atoms with E-state index in [4.69, 9.17) is 0 Å². The van der Waals surface area contributed by atoms with Crippen LogP contribution in [-0.4, -0.2) is 44.1 Å². The first-order valence-corrected chi connectivity index (χ1v) is 14.7. The van der Waals surface area contributed by atoms with Gasteiger partial charge in [0.1, 0.15) is 18.1 Å². The minimum atomic E-state index is -4.77. The number of thioether (sulfide) groups is 1. The summed E-state index contributed by atoms with van der Waals surface area (Å²) in [6.07, 6.45) is -2.39. The Morgan fingerprint density at radius 3 is 2.43 bits per heavy atom. The Labute approximate surface area is 256 Å². The van der Waals surface area contributed by atoms with E-state index in [-0.39, 0.29) is 11.8 Å². The summed E-state index contributed by atoms with van der Waals surface area (Å²) in [7, 11) is 0. The van der Waals surface area contributed by atoms with Gasteiger partial charge in [-0.25, -0.2) is 14.5 Å². The maximum atomic E-state index is 13.0. The van der Waals surface area contributed by atoms with Crippen molar-refractivity contribution in [1.29, 1.82) is 5.26 Å². The minimum absolute atomic E-state index is 0.154. The molecule has 5 rings (SSSR count). The molecule has 226 valence electrons. The average Bonchev–Trinajstić information content (AvgIpc) is 3.47. The van der Waals surface area contributed by atoms with Gasteiger partial charge in [-0.05, 0) is 68.1 Å². The predicted octanol–water partition coefficient (Wildman–Crippen LogP) is 7.11. The summed E-state index contributed by atoms with van der Waals surface area (Å²) in [5, 5.41) is 17.5. The summed E-state index contributed by atoms with van der Waals surface area (Å²) in [6, 6.07) is 18.9. The molecule has 1 aliphatic heterocycles. The predicted molar refractivity (Wildman–Crippen MR) is 163 cm³/mol. The average molecular weight is 620 g/mol. The summed E-state index contributed by atoms with van der Waals surface area (Å²) in [5.41, 5.74) is 4.91. The van der Waals surface area contributed by atoms with E-state index in [0.717, 1.165) is 29.0 Å². The van der Waals surface area contributed by atoms with Crippen molar-refractivity contribution in [3.05, 3.63) is 89.7 Å². The third-order valence-corrected chi connectivity index (χ3v) is 8.00. The van der Waals surface area contributed by atoms with Gasteiger partial charge in [-0.2, -0.15) is 10.3 Å². The topological polar surface area (TPSA) is 108 Å². The van der Waals surface area contributed by atoms with Gasteiger partial charge in [-0.15, -0.1) is 18.3 Å². The molecule has 2 heterocycles. The van der Waals surface area contributed by atoms with Crippen molar-refractivity contribution >= 4 is 28.6 Å². The molecule has 2 unspecified atom stereocenters. The Hall–Kier alpha value is -4.83. The first kappa shape index (κ1) is 30.6. The van der Waals surface area contributed by atoms with Crippen molar-refractivity contribution in [2.24, 2.45) is 4.99 Å². The van der Waals surface area contributed by atoms with Crippen molar-refractivity contribution < 1.29 is 22.7 Å². The molecule has 1 aliphatic rings. The van der Waals surface area contributed by atoms with Gasteiger partial charge in [-0.3, -0.25) is 0 Å². The molecule has 13 heteroatoms. The standard InChI is InChI=1S/C31H28F3N7O2S/c1-19-5-4-6-20(2)27(19)41-21(3)15-16-44-30(41)38-29(42)37-26(17-35)22-7-9-23(10-8-22)28-36-18-40(39-28)24-11-13-25(14-12-24)43-31(32,33)34/h4-14,18,21,26H,15-16H2,1-3H3,(H,37,42)/b38-30-. The molecular formula is C31H28F3N7O2S. The summed E-state index contributed by atoms with van der Waals surface area (Å²) < 4.78 is 42.6. The van der Waals surface area contributed by atoms with Gasteiger partial charge in [-0.1, -0.05) is 54.2 Å². The lowest BCUT2D eigenvalue weighted by Crippen LogP contribution is -2.43. The second kappa shape index (κ2) is 12.8. The molecule has 2 atom stereocenters. The number of hydrogen-bond donors (Lipinski definition) is 1. The number of alkyl halides is 3. The van der Waals surface area contributed by atoms with Crippen LogP contribution in [0.4, 0.5) is 23.7 Å². The molecule has 2 amide bonds. The molecule has 0 aliphatic carbocycles. The van der Waals surface area contributed by atoms with Crippen LogP contribution in [0.5, 0.6) is 5.75 Å². The summed E-state index contributed by atoms with van der Waals surface area (Å²) in [6.45, 7) is 6.19. The number of amides is 2. The molecule has 0 radical (unpaired) electrons. The lowest BCUT2D eigenvalue weighted by Gasteiger charge is -2.37. The molecule has 4 aromatic rings. The first-order valence-electron chi connectivity index (χ1n) is 13.7. The number of rotatable bonds is 6. The number of aliphatic imine (C=N–C) groups is 1. The number of ether oxygens (including phenoxy) is 1. The number of hydrogen-bond acceptors (Lipinski definition) is 6. The van der Waals surface area contributed by atoms with E-state index in [0.29, 0.717) is 27.8 Å². The first-order chi connectivity index (χ1) is 21.0. The monoisotopic (exact) mass is 619 g/mol. The van der Waals surface area contributed by atoms with E-state index in [1.807, 2.05) is 32.0 Å². The molecule has 0 saturated carbocycles. The van der Waals surface area contributed by atoms with Gasteiger partial charge >= 0.3 is 12.4 Å². The number of carbonyl (C=O) groups is 1. The molecule has 0 spiro atoms. The lowest BCUT2D eigenvalue weighted by molar-refractivity contribution is -0.274. The third-order valence-electron chi connectivity index (χ3n) is 7.02. The van der Waals surface area contributed by atoms with Crippen LogP contribution < -0.4 is 15.0 Å². The van der Waals surface area contributed by atoms with Crippen LogP contribution >= 0.6 is 11.8 Å². The van der Waals surface area contributed by atoms with Gasteiger partial charge in [0.25, 0.3) is 0 Å². The number of anilines is 1. The van der Waals surface area contributed by atoms with E-state index < -0.39 is 18.4 Å². The molecule has 0 bridgehead atoms. The van der Waals surface area contributed by atoms with Crippen LogP contribution in [0.15, 0.2) is 78.0 Å². The van der Waals surface area contributed by atoms with E-state index in [1.165, 1.54) is 47.0 Å². The lowest BCUT2D eigenvalue weighted by atomic mass is 10.1. The summed E-state index contributed by atoms with van der Waals surface area (Å²) >= 11 is 1.51. The maximum absolute atomic E-state index is 13.0. The Kier molecular flexibility index (Phi) is 8.91. The number of halogens is 3. The van der Waals surface area contributed by atoms with E-state index in [1.54, 1.807) is 24.3 Å². The number of carbonyl (C=O) groups excluding carboxylic acids is 1. The van der Waals surface area contributed by atoms with Crippen LogP contribution in [0.2, 0.25) is 0 Å². The Morgan fingerprint density at radius 2 is 1.80 bits per heavy atom. The van der Waals surface area contributed by atoms with Crippen LogP contribution in [0, 0.1) is 25.2 Å². The number of nitriles is 1. The molecule has 1 saturated heterocycles. The highest BCUT2D eigenvalue weighted by atomic mass is 32.2. The molecule has 1 fully saturated rings. The smallest absolute Gasteiger partial charge is 0.406 e. The largest absolute Gasteiger partial charge is 0.573 e. The number of amidine groups is 1. The molecule has 44 heavy (non-hydrogen) atoms. The van der Waals surface area contributed by atoms with Gasteiger partial charge in [0, 0.05) is 23.0 Å². The fraction of sp³-hybridized carbons (Fsp3) is 0.258. The fourth-order valence-corrected chi connectivity index (χ4v) is 6.07. The van der Waals surface area contributed by atoms with E-state index >= 15 is 0 Å². The number of urea groups is 1. The number of nitrogens with one attached hydrogen (secondary N) is 1. The number of aryl methyl sites for hydroxylation is 2. The highest BCUT2D eigenvalue weighted by Gasteiger charge is 2.31. The highest BCUT2D eigenvalue weighted by molar-refractivity contribution is 8.14. The Balaban J connectivity index is 1.28. The second-order valence-electron chi connectivity index (χ2n) is 10.2. The SMILES string of the molecule is Cc1cccc(C)c1N1/C(=N/C(=O)NC(C#N)c2ccc(-c3ncn(-c4ccc(OC(F)(F)F)cc4)n3)cc2)SCCC1C. The minimum Gasteiger partial charge on any atom is -0.406 e. The number of para-hydroxylation sites is 1. The Bertz CT molecular complexity index is 1690. The second-order valence-corrected chi connectivity index (χ2v) is 11.2. The zero-order valence-corrected chi connectivity index (χ0v) is 24.9. The zero-order chi connectivity index (χ0) is 31.4. The van der Waals surface area contributed by atoms with E-state index in [9.17, 15) is 23.2 Å². The number of nitrogens with zero attached hydrogens (tertiary/aromatic N) is 6. The number of benzene rings is 3. The fourth-order valence-electron chi connectivity index (χ4n) is 4.87. The molecule has 3 aromatic carbocycles. The summed E-state index contributed by atoms with van der Waals surface area (Å²) in [4.78, 5) is 23.8. The molecule has 1 aromatic heterocycles. The third kappa shape index (κ3) is 7.03. The van der Waals surface area contributed by atoms with Crippen molar-refractivity contribution in [2.45, 2.75) is 45.6 Å². The Morgan fingerprint density at radius 1 is 1.11 bits per heavy atom. The van der Waals surface area contributed by atoms with Crippen LogP contribution in [0.25, 0.3) is 17.1 Å². The molecule has 9 nitrogen and oxygen atoms in total. The normalized spacial score (nSPS) is 16.8.